The number of carbonyl (C=O) groups is 2. The van der Waals surface area contributed by atoms with Crippen LogP contribution < -0.4 is 15.5 Å². The largest absolute Gasteiger partial charge is 0.465 e. The van der Waals surface area contributed by atoms with E-state index in [1.54, 1.807) is 18.5 Å². The molecule has 0 aliphatic carbocycles. The molecule has 0 bridgehead atoms. The summed E-state index contributed by atoms with van der Waals surface area (Å²) in [5.74, 6) is -0.331. The smallest absolute Gasteiger partial charge is 0.405 e. The van der Waals surface area contributed by atoms with Crippen LogP contribution in [0.25, 0.3) is 16.5 Å². The third kappa shape index (κ3) is 6.77. The van der Waals surface area contributed by atoms with Crippen LogP contribution in [0.1, 0.15) is 50.7 Å². The van der Waals surface area contributed by atoms with E-state index in [2.05, 4.69) is 72.9 Å². The van der Waals surface area contributed by atoms with Gasteiger partial charge in [-0.15, -0.1) is 0 Å². The molecule has 2 amide bonds. The molecule has 1 aliphatic rings. The van der Waals surface area contributed by atoms with E-state index in [9.17, 15) is 14.7 Å². The lowest BCUT2D eigenvalue weighted by Gasteiger charge is -2.48. The number of piperidine rings is 1. The van der Waals surface area contributed by atoms with Crippen LogP contribution in [0.4, 0.5) is 16.2 Å². The van der Waals surface area contributed by atoms with E-state index in [1.165, 1.54) is 0 Å². The topological polar surface area (TPSA) is 117 Å². The van der Waals surface area contributed by atoms with Gasteiger partial charge in [-0.2, -0.15) is 0 Å². The molecule has 9 nitrogen and oxygen atoms in total. The third-order valence-electron chi connectivity index (χ3n) is 8.23. The molecule has 0 unspecified atom stereocenters. The van der Waals surface area contributed by atoms with Gasteiger partial charge in [-0.25, -0.2) is 9.78 Å². The molecule has 0 radical (unpaired) electrons. The van der Waals surface area contributed by atoms with Crippen molar-refractivity contribution in [1.82, 2.24) is 15.3 Å². The Bertz CT molecular complexity index is 1470. The first-order valence-corrected chi connectivity index (χ1v) is 16.8. The molecule has 10 heteroatoms. The highest BCUT2D eigenvalue weighted by Gasteiger charge is 2.45. The number of pyridine rings is 2. The molecule has 0 spiro atoms. The molecule has 41 heavy (non-hydrogen) atoms. The number of carboxylic acid groups (broad SMARTS) is 1. The van der Waals surface area contributed by atoms with Gasteiger partial charge in [0.05, 0.1) is 35.2 Å². The summed E-state index contributed by atoms with van der Waals surface area (Å²) in [6, 6.07) is 10.8. The Morgan fingerprint density at radius 3 is 2.51 bits per heavy atom. The Morgan fingerprint density at radius 2 is 1.85 bits per heavy atom. The monoisotopic (exact) mass is 575 g/mol. The maximum absolute atomic E-state index is 13.3. The van der Waals surface area contributed by atoms with Gasteiger partial charge in [0.15, 0.2) is 8.32 Å². The van der Waals surface area contributed by atoms with Crippen molar-refractivity contribution in [2.75, 3.05) is 23.3 Å². The number of rotatable bonds is 7. The van der Waals surface area contributed by atoms with Crippen LogP contribution in [0.5, 0.6) is 0 Å². The number of amides is 2. The molecule has 3 atom stereocenters. The number of nitrogens with zero attached hydrogens (tertiary/aromatic N) is 3. The van der Waals surface area contributed by atoms with Gasteiger partial charge in [0, 0.05) is 30.6 Å². The SMILES string of the molecule is C=C(C)c1ccc2ccc(C(=O)Nc3cnccc3N3C[C@H](C)[C@H](O[Si](C)(C)C(C)(C)C)[C@H](NC(=O)O)C3)nc2c1. The minimum atomic E-state index is -2.16. The minimum Gasteiger partial charge on any atom is -0.465 e. The van der Waals surface area contributed by atoms with Gasteiger partial charge in [-0.1, -0.05) is 58.0 Å². The first kappa shape index (κ1) is 30.2. The van der Waals surface area contributed by atoms with Gasteiger partial charge >= 0.3 is 6.09 Å². The van der Waals surface area contributed by atoms with Crippen molar-refractivity contribution in [2.45, 2.75) is 64.9 Å². The molecule has 3 N–H and O–H groups in total. The predicted octanol–water partition coefficient (Wildman–Crippen LogP) is 6.40. The molecule has 3 heterocycles. The Morgan fingerprint density at radius 1 is 1.15 bits per heavy atom. The normalized spacial score (nSPS) is 19.6. The van der Waals surface area contributed by atoms with E-state index >= 15 is 0 Å². The van der Waals surface area contributed by atoms with Gasteiger partial charge in [0.2, 0.25) is 0 Å². The number of carbonyl (C=O) groups excluding carboxylic acids is 1. The van der Waals surface area contributed by atoms with E-state index in [1.807, 2.05) is 37.3 Å². The number of fused-ring (bicyclic) bond motifs is 1. The van der Waals surface area contributed by atoms with Crippen molar-refractivity contribution in [2.24, 2.45) is 5.92 Å². The fourth-order valence-electron chi connectivity index (χ4n) is 4.92. The second-order valence-corrected chi connectivity index (χ2v) is 17.3. The quantitative estimate of drug-likeness (QED) is 0.279. The van der Waals surface area contributed by atoms with Crippen LogP contribution in [0.2, 0.25) is 18.1 Å². The zero-order valence-electron chi connectivity index (χ0n) is 25.0. The van der Waals surface area contributed by atoms with Crippen molar-refractivity contribution in [3.8, 4) is 0 Å². The van der Waals surface area contributed by atoms with Crippen LogP contribution in [-0.4, -0.2) is 60.6 Å². The molecule has 1 fully saturated rings. The Kier molecular flexibility index (Phi) is 8.56. The van der Waals surface area contributed by atoms with E-state index in [0.29, 0.717) is 24.3 Å². The highest BCUT2D eigenvalue weighted by Crippen LogP contribution is 2.40. The lowest BCUT2D eigenvalue weighted by molar-refractivity contribution is 0.0722. The van der Waals surface area contributed by atoms with Crippen LogP contribution in [-0.2, 0) is 4.43 Å². The molecule has 1 aliphatic heterocycles. The summed E-state index contributed by atoms with van der Waals surface area (Å²) < 4.78 is 6.75. The lowest BCUT2D eigenvalue weighted by atomic mass is 9.92. The van der Waals surface area contributed by atoms with Crippen molar-refractivity contribution < 1.29 is 19.1 Å². The van der Waals surface area contributed by atoms with E-state index in [4.69, 9.17) is 4.43 Å². The Balaban J connectivity index is 1.59. The summed E-state index contributed by atoms with van der Waals surface area (Å²) in [5.41, 5.74) is 4.17. The minimum absolute atomic E-state index is 0.0109. The second kappa shape index (κ2) is 11.6. The number of benzene rings is 1. The summed E-state index contributed by atoms with van der Waals surface area (Å²) in [4.78, 5) is 36.1. The number of allylic oxidation sites excluding steroid dienone is 1. The molecule has 0 saturated carbocycles. The third-order valence-corrected chi connectivity index (χ3v) is 12.7. The molecule has 2 aromatic heterocycles. The van der Waals surface area contributed by atoms with E-state index < -0.39 is 20.5 Å². The Labute approximate surface area is 243 Å². The number of aromatic nitrogens is 2. The molecule has 218 valence electrons. The van der Waals surface area contributed by atoms with Gasteiger partial charge in [-0.05, 0) is 48.8 Å². The predicted molar refractivity (Wildman–Crippen MR) is 167 cm³/mol. The molecule has 3 aromatic rings. The maximum atomic E-state index is 13.3. The number of hydrogen-bond donors (Lipinski definition) is 3. The number of anilines is 2. The van der Waals surface area contributed by atoms with Crippen molar-refractivity contribution in [1.29, 1.82) is 0 Å². The van der Waals surface area contributed by atoms with Crippen LogP contribution in [0.3, 0.4) is 0 Å². The summed E-state index contributed by atoms with van der Waals surface area (Å²) in [7, 11) is -2.16. The average molecular weight is 576 g/mol. The maximum Gasteiger partial charge on any atom is 0.405 e. The van der Waals surface area contributed by atoms with Crippen molar-refractivity contribution in [3.63, 3.8) is 0 Å². The van der Waals surface area contributed by atoms with E-state index in [-0.39, 0.29) is 28.7 Å². The molecular formula is C31H41N5O4Si. The first-order chi connectivity index (χ1) is 19.2. The average Bonchev–Trinajstić information content (AvgIpc) is 2.89. The van der Waals surface area contributed by atoms with Gasteiger partial charge < -0.3 is 25.1 Å². The van der Waals surface area contributed by atoms with Gasteiger partial charge in [0.1, 0.15) is 5.69 Å². The fourth-order valence-corrected chi connectivity index (χ4v) is 6.35. The molecule has 4 rings (SSSR count). The lowest BCUT2D eigenvalue weighted by Crippen LogP contribution is -2.62. The first-order valence-electron chi connectivity index (χ1n) is 13.9. The molecule has 1 aromatic carbocycles. The molecule has 1 saturated heterocycles. The van der Waals surface area contributed by atoms with Gasteiger partial charge in [0.25, 0.3) is 5.91 Å². The zero-order chi connectivity index (χ0) is 30.1. The van der Waals surface area contributed by atoms with Crippen LogP contribution >= 0.6 is 0 Å². The Hall–Kier alpha value is -3.76. The summed E-state index contributed by atoms with van der Waals surface area (Å²) in [6.07, 6.45) is 1.92. The van der Waals surface area contributed by atoms with Crippen LogP contribution in [0.15, 0.2) is 55.4 Å². The second-order valence-electron chi connectivity index (χ2n) is 12.5. The summed E-state index contributed by atoms with van der Waals surface area (Å²) in [5, 5.41) is 16.3. The number of hydrogen-bond acceptors (Lipinski definition) is 6. The van der Waals surface area contributed by atoms with E-state index in [0.717, 1.165) is 22.2 Å². The summed E-state index contributed by atoms with van der Waals surface area (Å²) >= 11 is 0. The van der Waals surface area contributed by atoms with Crippen molar-refractivity contribution >= 4 is 48.2 Å². The summed E-state index contributed by atoms with van der Waals surface area (Å²) in [6.45, 7) is 19.9. The standard InChI is InChI=1S/C31H41N5O4Si/c1-19(2)22-10-9-21-11-12-23(33-24(21)15-22)29(37)34-25-16-32-14-13-27(25)36-17-20(3)28(26(18-36)35-30(38)39)40-41(7,8)31(4,5)6/h9-16,20,26,28,35H,1,17-18H2,2-8H3,(H,34,37)(H,38,39)/t20-,26+,28-/m0/s1. The molecular weight excluding hydrogens is 534 g/mol. The van der Waals surface area contributed by atoms with Crippen LogP contribution in [0, 0.1) is 5.92 Å². The van der Waals surface area contributed by atoms with Crippen molar-refractivity contribution in [3.05, 3.63) is 66.6 Å². The fraction of sp³-hybridized carbons (Fsp3) is 0.419. The zero-order valence-corrected chi connectivity index (χ0v) is 26.0. The highest BCUT2D eigenvalue weighted by molar-refractivity contribution is 6.74. The van der Waals surface area contributed by atoms with Gasteiger partial charge in [-0.3, -0.25) is 9.78 Å². The number of nitrogens with one attached hydrogen (secondary N) is 2. The highest BCUT2D eigenvalue weighted by atomic mass is 28.4.